The van der Waals surface area contributed by atoms with E-state index in [0.29, 0.717) is 18.5 Å². The van der Waals surface area contributed by atoms with Crippen molar-refractivity contribution < 1.29 is 9.59 Å². The van der Waals surface area contributed by atoms with Gasteiger partial charge in [0.2, 0.25) is 5.91 Å². The Labute approximate surface area is 116 Å². The zero-order chi connectivity index (χ0) is 13.5. The summed E-state index contributed by atoms with van der Waals surface area (Å²) >= 11 is 5.74. The van der Waals surface area contributed by atoms with E-state index in [1.807, 2.05) is 24.3 Å². The van der Waals surface area contributed by atoms with Gasteiger partial charge in [-0.15, -0.1) is 11.6 Å². The Morgan fingerprint density at radius 3 is 2.68 bits per heavy atom. The first-order valence-corrected chi connectivity index (χ1v) is 7.02. The van der Waals surface area contributed by atoms with Crippen molar-refractivity contribution in [2.45, 2.75) is 31.2 Å². The fourth-order valence-corrected chi connectivity index (χ4v) is 3.31. The molecule has 19 heavy (non-hydrogen) atoms. The fourth-order valence-electron chi connectivity index (χ4n) is 3.19. The first kappa shape index (κ1) is 12.5. The first-order chi connectivity index (χ1) is 9.19. The molecule has 0 radical (unpaired) electrons. The predicted molar refractivity (Wildman–Crippen MR) is 74.5 cm³/mol. The maximum absolute atomic E-state index is 12.5. The van der Waals surface area contributed by atoms with Crippen LogP contribution >= 0.6 is 11.6 Å². The van der Waals surface area contributed by atoms with Crippen molar-refractivity contribution >= 4 is 34.8 Å². The molecule has 3 rings (SSSR count). The van der Waals surface area contributed by atoms with E-state index in [1.54, 1.807) is 4.90 Å². The highest BCUT2D eigenvalue weighted by Crippen LogP contribution is 2.45. The lowest BCUT2D eigenvalue weighted by Gasteiger charge is -2.44. The highest BCUT2D eigenvalue weighted by molar-refractivity contribution is 6.31. The van der Waals surface area contributed by atoms with Crippen LogP contribution in [0.25, 0.3) is 0 Å². The summed E-state index contributed by atoms with van der Waals surface area (Å²) in [5, 5.41) is 2.93. The van der Waals surface area contributed by atoms with E-state index in [1.165, 1.54) is 0 Å². The number of anilines is 2. The number of hydrogen-bond acceptors (Lipinski definition) is 2. The van der Waals surface area contributed by atoms with Crippen molar-refractivity contribution in [3.05, 3.63) is 24.3 Å². The lowest BCUT2D eigenvalue weighted by molar-refractivity contribution is -0.126. The van der Waals surface area contributed by atoms with Crippen molar-refractivity contribution in [2.75, 3.05) is 16.1 Å². The van der Waals surface area contributed by atoms with Gasteiger partial charge in [-0.1, -0.05) is 25.0 Å². The predicted octanol–water partition coefficient (Wildman–Crippen LogP) is 2.52. The van der Waals surface area contributed by atoms with Crippen molar-refractivity contribution in [1.82, 2.24) is 0 Å². The number of rotatable bonds is 1. The van der Waals surface area contributed by atoms with Crippen LogP contribution in [0.5, 0.6) is 0 Å². The van der Waals surface area contributed by atoms with Crippen LogP contribution in [0.15, 0.2) is 24.3 Å². The van der Waals surface area contributed by atoms with Crippen LogP contribution in [0, 0.1) is 0 Å². The Balaban J connectivity index is 2.16. The molecule has 0 unspecified atom stereocenters. The van der Waals surface area contributed by atoms with Gasteiger partial charge in [0.05, 0.1) is 11.4 Å². The minimum Gasteiger partial charge on any atom is -0.322 e. The molecule has 1 aromatic rings. The van der Waals surface area contributed by atoms with E-state index < -0.39 is 5.54 Å². The molecule has 0 bridgehead atoms. The van der Waals surface area contributed by atoms with Gasteiger partial charge < -0.3 is 5.32 Å². The Bertz CT molecular complexity index is 538. The van der Waals surface area contributed by atoms with Crippen LogP contribution in [-0.4, -0.2) is 23.2 Å². The zero-order valence-electron chi connectivity index (χ0n) is 10.5. The van der Waals surface area contributed by atoms with Gasteiger partial charge in [-0.3, -0.25) is 14.5 Å². The van der Waals surface area contributed by atoms with E-state index in [2.05, 4.69) is 5.32 Å². The van der Waals surface area contributed by atoms with Crippen molar-refractivity contribution in [3.8, 4) is 0 Å². The van der Waals surface area contributed by atoms with Gasteiger partial charge in [-0.2, -0.15) is 0 Å². The summed E-state index contributed by atoms with van der Waals surface area (Å²) in [6, 6.07) is 7.38. The molecule has 1 aliphatic heterocycles. The number of fused-ring (bicyclic) bond motifs is 1. The molecule has 2 amide bonds. The molecule has 1 aromatic carbocycles. The van der Waals surface area contributed by atoms with E-state index in [0.717, 1.165) is 18.5 Å². The number of nitrogens with zero attached hydrogens (tertiary/aromatic N) is 1. The summed E-state index contributed by atoms with van der Waals surface area (Å²) in [7, 11) is 0. The van der Waals surface area contributed by atoms with E-state index in [4.69, 9.17) is 11.6 Å². The average Bonchev–Trinajstić information content (AvgIpc) is 2.90. The standard InChI is InChI=1S/C14H15ClN2O2/c15-9-12(18)17-11-6-2-1-5-10(11)16-13(19)14(17)7-3-4-8-14/h1-2,5-6H,3-4,7-9H2,(H,16,19). The molecule has 1 heterocycles. The summed E-state index contributed by atoms with van der Waals surface area (Å²) in [5.74, 6) is -0.392. The number of amides is 2. The molecule has 1 aliphatic carbocycles. The molecule has 0 atom stereocenters. The molecular formula is C14H15ClN2O2. The largest absolute Gasteiger partial charge is 0.322 e. The Morgan fingerprint density at radius 2 is 2.00 bits per heavy atom. The second kappa shape index (κ2) is 4.53. The second-order valence-corrected chi connectivity index (χ2v) is 5.34. The molecule has 1 spiro atoms. The number of hydrogen-bond donors (Lipinski definition) is 1. The monoisotopic (exact) mass is 278 g/mol. The third-order valence-corrected chi connectivity index (χ3v) is 4.27. The van der Waals surface area contributed by atoms with Crippen LogP contribution in [-0.2, 0) is 9.59 Å². The SMILES string of the molecule is O=C(CCl)N1c2ccccc2NC(=O)C12CCCC2. The summed E-state index contributed by atoms with van der Waals surface area (Å²) in [4.78, 5) is 26.3. The van der Waals surface area contributed by atoms with Crippen LogP contribution < -0.4 is 10.2 Å². The van der Waals surface area contributed by atoms with E-state index in [-0.39, 0.29) is 17.7 Å². The molecule has 5 heteroatoms. The number of para-hydroxylation sites is 2. The fraction of sp³-hybridized carbons (Fsp3) is 0.429. The van der Waals surface area contributed by atoms with Gasteiger partial charge in [0.1, 0.15) is 11.4 Å². The van der Waals surface area contributed by atoms with Crippen molar-refractivity contribution in [1.29, 1.82) is 0 Å². The maximum atomic E-state index is 12.5. The Kier molecular flexibility index (Phi) is 2.97. The number of alkyl halides is 1. The summed E-state index contributed by atoms with van der Waals surface area (Å²) < 4.78 is 0. The highest BCUT2D eigenvalue weighted by atomic mass is 35.5. The third kappa shape index (κ3) is 1.74. The molecule has 2 aliphatic rings. The first-order valence-electron chi connectivity index (χ1n) is 6.48. The number of halogens is 1. The maximum Gasteiger partial charge on any atom is 0.250 e. The molecule has 0 aromatic heterocycles. The number of benzene rings is 1. The van der Waals surface area contributed by atoms with Crippen LogP contribution in [0.2, 0.25) is 0 Å². The number of carbonyl (C=O) groups excluding carboxylic acids is 2. The van der Waals surface area contributed by atoms with Crippen LogP contribution in [0.1, 0.15) is 25.7 Å². The Hall–Kier alpha value is -1.55. The Morgan fingerprint density at radius 1 is 1.32 bits per heavy atom. The van der Waals surface area contributed by atoms with Gasteiger partial charge in [-0.05, 0) is 25.0 Å². The van der Waals surface area contributed by atoms with Crippen molar-refractivity contribution in [2.24, 2.45) is 0 Å². The van der Waals surface area contributed by atoms with E-state index >= 15 is 0 Å². The van der Waals surface area contributed by atoms with E-state index in [9.17, 15) is 9.59 Å². The highest BCUT2D eigenvalue weighted by Gasteiger charge is 2.51. The third-order valence-electron chi connectivity index (χ3n) is 4.04. The molecule has 0 saturated heterocycles. The molecule has 4 nitrogen and oxygen atoms in total. The topological polar surface area (TPSA) is 49.4 Å². The minimum atomic E-state index is -0.736. The second-order valence-electron chi connectivity index (χ2n) is 5.07. The van der Waals surface area contributed by atoms with Crippen molar-refractivity contribution in [3.63, 3.8) is 0 Å². The van der Waals surface area contributed by atoms with Gasteiger partial charge in [0.25, 0.3) is 5.91 Å². The molecule has 100 valence electrons. The van der Waals surface area contributed by atoms with Gasteiger partial charge in [0.15, 0.2) is 0 Å². The van der Waals surface area contributed by atoms with Crippen LogP contribution in [0.3, 0.4) is 0 Å². The molecule has 1 saturated carbocycles. The minimum absolute atomic E-state index is 0.0813. The lowest BCUT2D eigenvalue weighted by Crippen LogP contribution is -2.61. The molecule has 1 fully saturated rings. The molecule has 1 N–H and O–H groups in total. The number of carbonyl (C=O) groups is 2. The number of nitrogens with one attached hydrogen (secondary N) is 1. The summed E-state index contributed by atoms with van der Waals surface area (Å²) in [5.41, 5.74) is 0.707. The van der Waals surface area contributed by atoms with Gasteiger partial charge in [0, 0.05) is 0 Å². The normalized spacial score (nSPS) is 20.3. The quantitative estimate of drug-likeness (QED) is 0.803. The smallest absolute Gasteiger partial charge is 0.250 e. The zero-order valence-corrected chi connectivity index (χ0v) is 11.2. The summed E-state index contributed by atoms with van der Waals surface area (Å²) in [6.45, 7) is 0. The van der Waals surface area contributed by atoms with Gasteiger partial charge >= 0.3 is 0 Å². The summed E-state index contributed by atoms with van der Waals surface area (Å²) in [6.07, 6.45) is 3.33. The van der Waals surface area contributed by atoms with Gasteiger partial charge in [-0.25, -0.2) is 0 Å². The average molecular weight is 279 g/mol. The lowest BCUT2D eigenvalue weighted by atomic mass is 9.90. The molecular weight excluding hydrogens is 264 g/mol. The van der Waals surface area contributed by atoms with Crippen LogP contribution in [0.4, 0.5) is 11.4 Å².